The minimum Gasteiger partial charge on any atom is -0.504 e. The summed E-state index contributed by atoms with van der Waals surface area (Å²) in [5, 5.41) is 39.1. The summed E-state index contributed by atoms with van der Waals surface area (Å²) in [6.07, 6.45) is 1.95. The van der Waals surface area contributed by atoms with Gasteiger partial charge in [-0.15, -0.1) is 0 Å². The summed E-state index contributed by atoms with van der Waals surface area (Å²) in [6.45, 7) is 3.10. The van der Waals surface area contributed by atoms with E-state index in [2.05, 4.69) is 0 Å². The fraction of sp³-hybridized carbons (Fsp3) is 0.429. The molecule has 0 unspecified atom stereocenters. The first-order valence-electron chi connectivity index (χ1n) is 9.58. The Morgan fingerprint density at radius 2 is 1.90 bits per heavy atom. The molecule has 0 amide bonds. The molecule has 0 bridgehead atoms. The summed E-state index contributed by atoms with van der Waals surface area (Å²) in [5.74, 6) is -4.63. The molecule has 10 heteroatoms. The first-order valence-corrected chi connectivity index (χ1v) is 9.58. The number of phenols is 3. The number of carbonyl (C=O) groups excluding carboxylic acids is 2. The van der Waals surface area contributed by atoms with Gasteiger partial charge < -0.3 is 39.4 Å². The number of benzene rings is 1. The number of allylic oxidation sites excluding steroid dienone is 1. The van der Waals surface area contributed by atoms with Crippen molar-refractivity contribution in [2.75, 3.05) is 13.7 Å². The summed E-state index contributed by atoms with van der Waals surface area (Å²) < 4.78 is 21.0. The zero-order valence-electron chi connectivity index (χ0n) is 17.5. The maximum absolute atomic E-state index is 12.2. The van der Waals surface area contributed by atoms with Gasteiger partial charge in [-0.1, -0.05) is 13.0 Å². The number of hydrogen-bond donors (Lipinski definition) is 4. The Labute approximate surface area is 178 Å². The molecule has 31 heavy (non-hydrogen) atoms. The number of methoxy groups -OCH3 is 1. The highest BCUT2D eigenvalue weighted by Crippen LogP contribution is 2.46. The van der Waals surface area contributed by atoms with Crippen molar-refractivity contribution >= 4 is 11.9 Å². The van der Waals surface area contributed by atoms with Gasteiger partial charge in [-0.25, -0.2) is 4.79 Å². The fourth-order valence-electron chi connectivity index (χ4n) is 3.05. The van der Waals surface area contributed by atoms with Crippen LogP contribution in [0.25, 0.3) is 0 Å². The molecule has 1 aromatic rings. The van der Waals surface area contributed by atoms with E-state index >= 15 is 0 Å². The van der Waals surface area contributed by atoms with Crippen LogP contribution in [0.4, 0.5) is 0 Å². The molecule has 1 heterocycles. The molecule has 2 atom stereocenters. The van der Waals surface area contributed by atoms with Gasteiger partial charge in [0.25, 0.3) is 6.29 Å². The second kappa shape index (κ2) is 10.6. The van der Waals surface area contributed by atoms with Crippen molar-refractivity contribution in [3.05, 3.63) is 35.1 Å². The third-order valence-electron chi connectivity index (χ3n) is 4.66. The molecular weight excluding hydrogens is 412 g/mol. The van der Waals surface area contributed by atoms with Crippen molar-refractivity contribution < 1.29 is 49.0 Å². The van der Waals surface area contributed by atoms with E-state index in [1.54, 1.807) is 13.0 Å². The van der Waals surface area contributed by atoms with Crippen LogP contribution in [0.5, 0.6) is 23.0 Å². The second-order valence-electron chi connectivity index (χ2n) is 6.65. The van der Waals surface area contributed by atoms with E-state index in [0.29, 0.717) is 12.0 Å². The van der Waals surface area contributed by atoms with E-state index in [9.17, 15) is 30.0 Å². The zero-order chi connectivity index (χ0) is 23.1. The molecule has 0 aliphatic carbocycles. The summed E-state index contributed by atoms with van der Waals surface area (Å²) >= 11 is 0. The predicted molar refractivity (Wildman–Crippen MR) is 106 cm³/mol. The Bertz CT molecular complexity index is 887. The largest absolute Gasteiger partial charge is 0.504 e. The molecule has 1 aliphatic heterocycles. The Morgan fingerprint density at radius 1 is 1.19 bits per heavy atom. The lowest BCUT2D eigenvalue weighted by Crippen LogP contribution is -2.34. The van der Waals surface area contributed by atoms with E-state index in [0.717, 1.165) is 12.3 Å². The van der Waals surface area contributed by atoms with Crippen molar-refractivity contribution in [1.29, 1.82) is 0 Å². The van der Waals surface area contributed by atoms with Crippen molar-refractivity contribution in [3.63, 3.8) is 0 Å². The number of carbonyl (C=O) groups is 2. The lowest BCUT2D eigenvalue weighted by atomic mass is 9.86. The number of ether oxygens (including phenoxy) is 4. The maximum Gasteiger partial charge on any atom is 0.337 e. The van der Waals surface area contributed by atoms with Gasteiger partial charge in [0.2, 0.25) is 11.5 Å². The molecule has 1 aromatic carbocycles. The summed E-state index contributed by atoms with van der Waals surface area (Å²) in [6, 6.07) is 1.13. The molecule has 0 saturated carbocycles. The molecule has 10 nitrogen and oxygen atoms in total. The van der Waals surface area contributed by atoms with E-state index in [1.165, 1.54) is 7.11 Å². The summed E-state index contributed by atoms with van der Waals surface area (Å²) in [5.41, 5.74) is 0.361. The van der Waals surface area contributed by atoms with Gasteiger partial charge >= 0.3 is 11.9 Å². The molecule has 0 fully saturated rings. The van der Waals surface area contributed by atoms with E-state index in [-0.39, 0.29) is 29.9 Å². The number of aliphatic hydroxyl groups excluding tert-OH is 1. The Balaban J connectivity index is 2.40. The number of aromatic hydroxyl groups is 3. The first kappa shape index (κ1) is 23.9. The molecular formula is C21H26O10. The van der Waals surface area contributed by atoms with Gasteiger partial charge in [0.05, 0.1) is 38.6 Å². The third-order valence-corrected chi connectivity index (χ3v) is 4.66. The van der Waals surface area contributed by atoms with Gasteiger partial charge in [-0.05, 0) is 19.4 Å². The highest BCUT2D eigenvalue weighted by Gasteiger charge is 2.38. The van der Waals surface area contributed by atoms with Crippen LogP contribution in [0.2, 0.25) is 0 Å². The topological polar surface area (TPSA) is 152 Å². The molecule has 1 aliphatic rings. The monoisotopic (exact) mass is 438 g/mol. The molecule has 0 spiro atoms. The van der Waals surface area contributed by atoms with Gasteiger partial charge in [0, 0.05) is 17.1 Å². The predicted octanol–water partition coefficient (Wildman–Crippen LogP) is 1.99. The van der Waals surface area contributed by atoms with Crippen LogP contribution in [0.1, 0.15) is 32.3 Å². The number of rotatable bonds is 8. The van der Waals surface area contributed by atoms with Crippen molar-refractivity contribution in [2.24, 2.45) is 5.92 Å². The average Bonchev–Trinajstić information content (AvgIpc) is 2.77. The summed E-state index contributed by atoms with van der Waals surface area (Å²) in [7, 11) is 1.20. The van der Waals surface area contributed by atoms with Crippen LogP contribution in [-0.2, 0) is 30.4 Å². The second-order valence-corrected chi connectivity index (χ2v) is 6.65. The maximum atomic E-state index is 12.2. The minimum atomic E-state index is -1.19. The quantitative estimate of drug-likeness (QED) is 0.269. The van der Waals surface area contributed by atoms with E-state index in [1.807, 2.05) is 6.92 Å². The minimum absolute atomic E-state index is 0.0812. The molecule has 2 rings (SSSR count). The van der Waals surface area contributed by atoms with Crippen molar-refractivity contribution in [3.8, 4) is 23.0 Å². The highest BCUT2D eigenvalue weighted by atomic mass is 16.7. The highest BCUT2D eigenvalue weighted by molar-refractivity contribution is 5.90. The van der Waals surface area contributed by atoms with Gasteiger partial charge in [-0.3, -0.25) is 4.79 Å². The van der Waals surface area contributed by atoms with E-state index in [4.69, 9.17) is 18.9 Å². The number of aliphatic hydroxyl groups is 1. The normalized spacial score (nSPS) is 19.4. The first-order chi connectivity index (χ1) is 14.8. The van der Waals surface area contributed by atoms with Crippen LogP contribution >= 0.6 is 0 Å². The van der Waals surface area contributed by atoms with Crippen molar-refractivity contribution in [2.45, 2.75) is 39.6 Å². The molecule has 170 valence electrons. The van der Waals surface area contributed by atoms with Crippen molar-refractivity contribution in [1.82, 2.24) is 0 Å². The molecule has 4 N–H and O–H groups in total. The lowest BCUT2D eigenvalue weighted by Gasteiger charge is -2.32. The standard InChI is InChI=1S/C21H26O10/c1-4-6-29-16(23)8-13-12(5-2)21(30-10-14(13)20(27)28-3)31-15-7-11(9-22)17(24)19(26)18(15)25/h5,7,10,13,21-22,24-26H,4,6,8-9H2,1-3H3/b12-5+/t13-,21-/m0/s1. The number of esters is 2. The Kier molecular flexibility index (Phi) is 8.14. The van der Waals surface area contributed by atoms with Crippen LogP contribution < -0.4 is 4.74 Å². The molecule has 0 saturated heterocycles. The van der Waals surface area contributed by atoms with Gasteiger partial charge in [0.15, 0.2) is 11.5 Å². The fourth-order valence-corrected chi connectivity index (χ4v) is 3.05. The van der Waals surface area contributed by atoms with Crippen LogP contribution in [0, 0.1) is 5.92 Å². The Morgan fingerprint density at radius 3 is 2.48 bits per heavy atom. The van der Waals surface area contributed by atoms with E-state index < -0.39 is 48.0 Å². The zero-order valence-corrected chi connectivity index (χ0v) is 17.5. The molecule has 0 radical (unpaired) electrons. The van der Waals surface area contributed by atoms with Gasteiger partial charge in [0.1, 0.15) is 0 Å². The Hall–Kier alpha value is -3.40. The van der Waals surface area contributed by atoms with Crippen LogP contribution in [-0.4, -0.2) is 52.4 Å². The summed E-state index contributed by atoms with van der Waals surface area (Å²) in [4.78, 5) is 24.4. The number of phenolic OH excluding ortho intramolecular Hbond substituents is 2. The average molecular weight is 438 g/mol. The third kappa shape index (κ3) is 5.21. The van der Waals surface area contributed by atoms with Crippen LogP contribution in [0.3, 0.4) is 0 Å². The number of hydrogen-bond acceptors (Lipinski definition) is 10. The SMILES string of the molecule is C/C=C1/[C@H](Oc2cc(CO)c(O)c(O)c2O)OC=C(C(=O)OC)[C@H]1CC(=O)OCCC. The van der Waals surface area contributed by atoms with Crippen LogP contribution in [0.15, 0.2) is 29.6 Å². The van der Waals surface area contributed by atoms with Gasteiger partial charge in [-0.2, -0.15) is 0 Å². The lowest BCUT2D eigenvalue weighted by molar-refractivity contribution is -0.145. The smallest absolute Gasteiger partial charge is 0.337 e. The molecule has 0 aromatic heterocycles.